The smallest absolute Gasteiger partial charge is 0.405 e. The van der Waals surface area contributed by atoms with Crippen LogP contribution in [-0.2, 0) is 0 Å². The molecule has 0 radical (unpaired) electrons. The van der Waals surface area contributed by atoms with Gasteiger partial charge in [-0.1, -0.05) is 32.0 Å². The summed E-state index contributed by atoms with van der Waals surface area (Å²) < 4.78 is 40.6. The minimum atomic E-state index is -4.75. The minimum absolute atomic E-state index is 0.163. The molecule has 0 aliphatic heterocycles. The molecule has 2 nitrogen and oxygen atoms in total. The van der Waals surface area contributed by atoms with E-state index in [1.807, 2.05) is 13.8 Å². The molecule has 1 unspecified atom stereocenters. The van der Waals surface area contributed by atoms with Crippen LogP contribution >= 0.6 is 11.8 Å². The lowest BCUT2D eigenvalue weighted by Gasteiger charge is -2.17. The Balaban J connectivity index is 2.70. The number of benzene rings is 1. The number of hydrogen-bond acceptors (Lipinski definition) is 3. The first-order chi connectivity index (χ1) is 8.79. The molecule has 19 heavy (non-hydrogen) atoms. The zero-order chi connectivity index (χ0) is 14.5. The van der Waals surface area contributed by atoms with E-state index in [9.17, 15) is 18.3 Å². The maximum atomic E-state index is 12.2. The number of hydrogen-bond donors (Lipinski definition) is 1. The Bertz CT molecular complexity index is 394. The molecule has 0 aliphatic carbocycles. The van der Waals surface area contributed by atoms with E-state index in [1.165, 1.54) is 30.0 Å². The Kier molecular flexibility index (Phi) is 6.00. The van der Waals surface area contributed by atoms with E-state index >= 15 is 0 Å². The molecule has 6 heteroatoms. The van der Waals surface area contributed by atoms with Crippen LogP contribution in [-0.4, -0.2) is 23.0 Å². The van der Waals surface area contributed by atoms with Crippen molar-refractivity contribution in [2.45, 2.75) is 26.3 Å². The molecule has 0 aliphatic rings. The van der Waals surface area contributed by atoms with Crippen molar-refractivity contribution in [3.8, 4) is 5.75 Å². The SMILES string of the molecule is CC(C)CSCC(O)c1ccccc1OC(F)(F)F. The van der Waals surface area contributed by atoms with E-state index in [0.717, 1.165) is 5.75 Å². The Morgan fingerprint density at radius 2 is 1.84 bits per heavy atom. The first-order valence-corrected chi connectivity index (χ1v) is 7.05. The minimum Gasteiger partial charge on any atom is -0.405 e. The Morgan fingerprint density at radius 3 is 2.42 bits per heavy atom. The van der Waals surface area contributed by atoms with Gasteiger partial charge in [-0.3, -0.25) is 0 Å². The van der Waals surface area contributed by atoms with Crippen LogP contribution in [0.15, 0.2) is 24.3 Å². The molecule has 1 aromatic rings. The Labute approximate surface area is 115 Å². The van der Waals surface area contributed by atoms with Crippen LogP contribution in [0.4, 0.5) is 13.2 Å². The maximum absolute atomic E-state index is 12.2. The lowest BCUT2D eigenvalue weighted by Crippen LogP contribution is -2.19. The predicted octanol–water partition coefficient (Wildman–Crippen LogP) is 4.01. The van der Waals surface area contributed by atoms with Crippen molar-refractivity contribution < 1.29 is 23.0 Å². The summed E-state index contributed by atoms with van der Waals surface area (Å²) in [6.07, 6.45) is -5.72. The Morgan fingerprint density at radius 1 is 1.21 bits per heavy atom. The highest BCUT2D eigenvalue weighted by molar-refractivity contribution is 7.99. The van der Waals surface area contributed by atoms with Crippen molar-refractivity contribution in [1.29, 1.82) is 0 Å². The number of halogens is 3. The standard InChI is InChI=1S/C13H17F3O2S/c1-9(2)7-19-8-11(17)10-5-3-4-6-12(10)18-13(14,15)16/h3-6,9,11,17H,7-8H2,1-2H3. The lowest BCUT2D eigenvalue weighted by atomic mass is 10.1. The largest absolute Gasteiger partial charge is 0.573 e. The molecule has 0 bridgehead atoms. The fourth-order valence-corrected chi connectivity index (χ4v) is 2.49. The molecule has 0 aromatic heterocycles. The van der Waals surface area contributed by atoms with Gasteiger partial charge in [0.2, 0.25) is 0 Å². The van der Waals surface area contributed by atoms with Gasteiger partial charge in [0, 0.05) is 11.3 Å². The second-order valence-electron chi connectivity index (χ2n) is 4.53. The third kappa shape index (κ3) is 6.20. The average Bonchev–Trinajstić information content (AvgIpc) is 2.26. The van der Waals surface area contributed by atoms with Gasteiger partial charge in [-0.15, -0.1) is 13.2 Å². The highest BCUT2D eigenvalue weighted by Gasteiger charge is 2.32. The molecule has 0 spiro atoms. The molecule has 0 heterocycles. The van der Waals surface area contributed by atoms with E-state index in [1.54, 1.807) is 6.07 Å². The van der Waals surface area contributed by atoms with E-state index in [-0.39, 0.29) is 11.3 Å². The first kappa shape index (κ1) is 16.2. The second-order valence-corrected chi connectivity index (χ2v) is 5.61. The van der Waals surface area contributed by atoms with Crippen molar-refractivity contribution in [2.75, 3.05) is 11.5 Å². The molecule has 1 aromatic carbocycles. The molecule has 1 atom stereocenters. The number of alkyl halides is 3. The topological polar surface area (TPSA) is 29.5 Å². The second kappa shape index (κ2) is 7.05. The molecule has 1 N–H and O–H groups in total. The molecule has 0 amide bonds. The normalized spacial score (nSPS) is 13.6. The van der Waals surface area contributed by atoms with Crippen molar-refractivity contribution in [2.24, 2.45) is 5.92 Å². The monoisotopic (exact) mass is 294 g/mol. The van der Waals surface area contributed by atoms with Crippen LogP contribution in [0.1, 0.15) is 25.5 Å². The fraction of sp³-hybridized carbons (Fsp3) is 0.538. The molecule has 0 saturated carbocycles. The van der Waals surface area contributed by atoms with Crippen molar-refractivity contribution in [3.63, 3.8) is 0 Å². The molecule has 0 fully saturated rings. The van der Waals surface area contributed by atoms with Gasteiger partial charge in [0.1, 0.15) is 5.75 Å². The van der Waals surface area contributed by atoms with Gasteiger partial charge in [0.05, 0.1) is 6.10 Å². The van der Waals surface area contributed by atoms with Gasteiger partial charge >= 0.3 is 6.36 Å². The molecule has 1 rings (SSSR count). The van der Waals surface area contributed by atoms with E-state index in [4.69, 9.17) is 0 Å². The average molecular weight is 294 g/mol. The van der Waals surface area contributed by atoms with Crippen molar-refractivity contribution in [3.05, 3.63) is 29.8 Å². The van der Waals surface area contributed by atoms with Gasteiger partial charge in [-0.2, -0.15) is 11.8 Å². The highest BCUT2D eigenvalue weighted by atomic mass is 32.2. The zero-order valence-electron chi connectivity index (χ0n) is 10.8. The van der Waals surface area contributed by atoms with Gasteiger partial charge in [0.15, 0.2) is 0 Å². The summed E-state index contributed by atoms with van der Waals surface area (Å²) in [5.74, 6) is 1.32. The van der Waals surface area contributed by atoms with Crippen molar-refractivity contribution >= 4 is 11.8 Å². The lowest BCUT2D eigenvalue weighted by molar-refractivity contribution is -0.275. The summed E-state index contributed by atoms with van der Waals surface area (Å²) in [6.45, 7) is 4.08. The van der Waals surface area contributed by atoms with Gasteiger partial charge < -0.3 is 9.84 Å². The van der Waals surface area contributed by atoms with Crippen LogP contribution in [0.2, 0.25) is 0 Å². The van der Waals surface area contributed by atoms with Crippen LogP contribution in [0.25, 0.3) is 0 Å². The summed E-state index contributed by atoms with van der Waals surface area (Å²) >= 11 is 1.50. The van der Waals surface area contributed by atoms with Crippen molar-refractivity contribution in [1.82, 2.24) is 0 Å². The third-order valence-electron chi connectivity index (χ3n) is 2.23. The highest BCUT2D eigenvalue weighted by Crippen LogP contribution is 2.31. The summed E-state index contributed by atoms with van der Waals surface area (Å²) in [5, 5.41) is 9.94. The zero-order valence-corrected chi connectivity index (χ0v) is 11.6. The summed E-state index contributed by atoms with van der Waals surface area (Å²) in [5.41, 5.74) is 0.163. The fourth-order valence-electron chi connectivity index (χ4n) is 1.48. The molecule has 0 saturated heterocycles. The number of rotatable bonds is 6. The van der Waals surface area contributed by atoms with E-state index in [0.29, 0.717) is 11.7 Å². The first-order valence-electron chi connectivity index (χ1n) is 5.90. The maximum Gasteiger partial charge on any atom is 0.573 e. The number of ether oxygens (including phenoxy) is 1. The number of thioether (sulfide) groups is 1. The predicted molar refractivity (Wildman–Crippen MR) is 70.2 cm³/mol. The summed E-state index contributed by atoms with van der Waals surface area (Å²) in [4.78, 5) is 0. The van der Waals surface area contributed by atoms with Gasteiger partial charge in [-0.05, 0) is 17.7 Å². The summed E-state index contributed by atoms with van der Waals surface area (Å²) in [7, 11) is 0. The van der Waals surface area contributed by atoms with Gasteiger partial charge in [0.25, 0.3) is 0 Å². The van der Waals surface area contributed by atoms with Crippen LogP contribution in [0.3, 0.4) is 0 Å². The number of aliphatic hydroxyl groups excluding tert-OH is 1. The molecule has 108 valence electrons. The van der Waals surface area contributed by atoms with Crippen LogP contribution < -0.4 is 4.74 Å². The van der Waals surface area contributed by atoms with E-state index < -0.39 is 12.5 Å². The Hall–Kier alpha value is -0.880. The number of aliphatic hydroxyl groups is 1. The third-order valence-corrected chi connectivity index (χ3v) is 3.68. The van der Waals surface area contributed by atoms with E-state index in [2.05, 4.69) is 4.74 Å². The molecular formula is C13H17F3O2S. The van der Waals surface area contributed by atoms with Crippen LogP contribution in [0, 0.1) is 5.92 Å². The quantitative estimate of drug-likeness (QED) is 0.859. The van der Waals surface area contributed by atoms with Crippen LogP contribution in [0.5, 0.6) is 5.75 Å². The summed E-state index contributed by atoms with van der Waals surface area (Å²) in [6, 6.07) is 5.67. The molecular weight excluding hydrogens is 277 g/mol. The van der Waals surface area contributed by atoms with Gasteiger partial charge in [-0.25, -0.2) is 0 Å². The number of para-hydroxylation sites is 1.